The molecule has 1 aromatic heterocycles. The summed E-state index contributed by atoms with van der Waals surface area (Å²) in [7, 11) is 1.74. The molecule has 0 bridgehead atoms. The van der Waals surface area contributed by atoms with Crippen LogP contribution >= 0.6 is 0 Å². The molecule has 1 N–H and O–H groups in total. The first-order chi connectivity index (χ1) is 7.67. The lowest BCUT2D eigenvalue weighted by Crippen LogP contribution is -2.29. The Kier molecular flexibility index (Phi) is 5.49. The maximum absolute atomic E-state index is 5.06. The molecule has 0 saturated carbocycles. The van der Waals surface area contributed by atoms with Gasteiger partial charge in [0.05, 0.1) is 6.20 Å². The Balaban J connectivity index is 2.41. The number of nitrogens with one attached hydrogen (secondary N) is 1. The molecule has 0 aliphatic rings. The minimum absolute atomic E-state index is 0.340. The molecule has 0 spiro atoms. The second-order valence-corrected chi connectivity index (χ2v) is 4.20. The van der Waals surface area contributed by atoms with E-state index in [-0.39, 0.29) is 0 Å². The normalized spacial score (nSPS) is 15.0. The van der Waals surface area contributed by atoms with Gasteiger partial charge in [-0.2, -0.15) is 5.10 Å². The molecule has 0 aromatic carbocycles. The molecule has 0 aliphatic carbocycles. The summed E-state index contributed by atoms with van der Waals surface area (Å²) in [6.45, 7) is 8.16. The van der Waals surface area contributed by atoms with Crippen LogP contribution < -0.4 is 5.32 Å². The molecule has 1 rings (SSSR count). The summed E-state index contributed by atoms with van der Waals surface area (Å²) in [5.74, 6) is 0. The highest BCUT2D eigenvalue weighted by atomic mass is 16.5. The summed E-state index contributed by atoms with van der Waals surface area (Å²) < 4.78 is 7.02. The average Bonchev–Trinajstić information content (AvgIpc) is 2.74. The van der Waals surface area contributed by atoms with E-state index in [2.05, 4.69) is 37.4 Å². The van der Waals surface area contributed by atoms with Gasteiger partial charge in [-0.15, -0.1) is 0 Å². The maximum atomic E-state index is 5.06. The molecule has 4 heteroatoms. The van der Waals surface area contributed by atoms with Gasteiger partial charge < -0.3 is 10.1 Å². The Morgan fingerprint density at radius 2 is 2.25 bits per heavy atom. The minimum Gasteiger partial charge on any atom is -0.385 e. The van der Waals surface area contributed by atoms with Crippen LogP contribution in [0.4, 0.5) is 0 Å². The number of rotatable bonds is 7. The largest absolute Gasteiger partial charge is 0.385 e. The van der Waals surface area contributed by atoms with Crippen LogP contribution in [0.3, 0.4) is 0 Å². The summed E-state index contributed by atoms with van der Waals surface area (Å²) >= 11 is 0. The summed E-state index contributed by atoms with van der Waals surface area (Å²) in [5, 5.41) is 7.81. The first-order valence-corrected chi connectivity index (χ1v) is 5.94. The molecular weight excluding hydrogens is 202 g/mol. The predicted octanol–water partition coefficient (Wildman–Crippen LogP) is 1.98. The standard InChI is InChI=1S/C12H23N3O/c1-5-15-9-12(8-13-15)11(3)14-10(2)6-7-16-4/h8-11,14H,5-7H2,1-4H3. The van der Waals surface area contributed by atoms with Crippen molar-refractivity contribution in [1.29, 1.82) is 0 Å². The van der Waals surface area contributed by atoms with Gasteiger partial charge in [0.2, 0.25) is 0 Å². The third-order valence-corrected chi connectivity index (χ3v) is 2.77. The zero-order valence-corrected chi connectivity index (χ0v) is 10.7. The zero-order valence-electron chi connectivity index (χ0n) is 10.7. The predicted molar refractivity (Wildman–Crippen MR) is 65.4 cm³/mol. The van der Waals surface area contributed by atoms with Crippen LogP contribution in [0, 0.1) is 0 Å². The lowest BCUT2D eigenvalue weighted by atomic mass is 10.1. The minimum atomic E-state index is 0.340. The second-order valence-electron chi connectivity index (χ2n) is 4.20. The smallest absolute Gasteiger partial charge is 0.0537 e. The molecule has 1 aromatic rings. The molecule has 0 amide bonds. The molecule has 2 atom stereocenters. The third kappa shape index (κ3) is 3.94. The monoisotopic (exact) mass is 225 g/mol. The molecule has 92 valence electrons. The lowest BCUT2D eigenvalue weighted by molar-refractivity contribution is 0.183. The highest BCUT2D eigenvalue weighted by Crippen LogP contribution is 2.12. The number of nitrogens with zero attached hydrogens (tertiary/aromatic N) is 2. The Bertz CT molecular complexity index is 298. The number of hydrogen-bond donors (Lipinski definition) is 1. The molecule has 16 heavy (non-hydrogen) atoms. The molecule has 0 aliphatic heterocycles. The van der Waals surface area contributed by atoms with Gasteiger partial charge in [-0.05, 0) is 27.2 Å². The summed E-state index contributed by atoms with van der Waals surface area (Å²) in [6, 6.07) is 0.798. The first-order valence-electron chi connectivity index (χ1n) is 5.94. The van der Waals surface area contributed by atoms with Gasteiger partial charge in [-0.3, -0.25) is 4.68 Å². The highest BCUT2D eigenvalue weighted by Gasteiger charge is 2.10. The van der Waals surface area contributed by atoms with Crippen LogP contribution in [0.5, 0.6) is 0 Å². The highest BCUT2D eigenvalue weighted by molar-refractivity contribution is 5.09. The van der Waals surface area contributed by atoms with Gasteiger partial charge in [0.15, 0.2) is 0 Å². The molecular formula is C12H23N3O. The molecule has 4 nitrogen and oxygen atoms in total. The van der Waals surface area contributed by atoms with Crippen molar-refractivity contribution < 1.29 is 4.74 Å². The van der Waals surface area contributed by atoms with Gasteiger partial charge in [0, 0.05) is 44.1 Å². The topological polar surface area (TPSA) is 39.1 Å². The van der Waals surface area contributed by atoms with E-state index in [1.165, 1.54) is 5.56 Å². The molecule has 0 fully saturated rings. The van der Waals surface area contributed by atoms with Crippen molar-refractivity contribution in [3.8, 4) is 0 Å². The van der Waals surface area contributed by atoms with Crippen molar-refractivity contribution in [3.63, 3.8) is 0 Å². The van der Waals surface area contributed by atoms with Crippen molar-refractivity contribution in [2.24, 2.45) is 0 Å². The fourth-order valence-electron chi connectivity index (χ4n) is 1.68. The fraction of sp³-hybridized carbons (Fsp3) is 0.750. The van der Waals surface area contributed by atoms with E-state index in [0.717, 1.165) is 19.6 Å². The Hall–Kier alpha value is -0.870. The van der Waals surface area contributed by atoms with E-state index in [1.807, 2.05) is 10.9 Å². The van der Waals surface area contributed by atoms with Crippen molar-refractivity contribution >= 4 is 0 Å². The van der Waals surface area contributed by atoms with Crippen molar-refractivity contribution in [1.82, 2.24) is 15.1 Å². The first kappa shape index (κ1) is 13.2. The molecule has 0 saturated heterocycles. The van der Waals surface area contributed by atoms with Gasteiger partial charge in [-0.1, -0.05) is 0 Å². The number of aryl methyl sites for hydroxylation is 1. The molecule has 2 unspecified atom stereocenters. The van der Waals surface area contributed by atoms with Crippen LogP contribution in [0.25, 0.3) is 0 Å². The summed E-state index contributed by atoms with van der Waals surface area (Å²) in [4.78, 5) is 0. The third-order valence-electron chi connectivity index (χ3n) is 2.77. The van der Waals surface area contributed by atoms with Gasteiger partial charge in [0.1, 0.15) is 0 Å². The number of aromatic nitrogens is 2. The summed E-state index contributed by atoms with van der Waals surface area (Å²) in [5.41, 5.74) is 1.24. The van der Waals surface area contributed by atoms with Crippen molar-refractivity contribution in [2.45, 2.75) is 45.8 Å². The average molecular weight is 225 g/mol. The number of hydrogen-bond acceptors (Lipinski definition) is 3. The van der Waals surface area contributed by atoms with E-state index in [9.17, 15) is 0 Å². The Labute approximate surface area is 98.0 Å². The van der Waals surface area contributed by atoms with Crippen LogP contribution in [0.2, 0.25) is 0 Å². The SMILES string of the molecule is CCn1cc(C(C)NC(C)CCOC)cn1. The van der Waals surface area contributed by atoms with Crippen LogP contribution in [0.15, 0.2) is 12.4 Å². The van der Waals surface area contributed by atoms with Crippen LogP contribution in [0.1, 0.15) is 38.8 Å². The van der Waals surface area contributed by atoms with Crippen molar-refractivity contribution in [3.05, 3.63) is 18.0 Å². The van der Waals surface area contributed by atoms with Gasteiger partial charge in [0.25, 0.3) is 0 Å². The lowest BCUT2D eigenvalue weighted by Gasteiger charge is -2.18. The quantitative estimate of drug-likeness (QED) is 0.771. The van der Waals surface area contributed by atoms with E-state index in [0.29, 0.717) is 12.1 Å². The van der Waals surface area contributed by atoms with E-state index >= 15 is 0 Å². The fourth-order valence-corrected chi connectivity index (χ4v) is 1.68. The van der Waals surface area contributed by atoms with E-state index in [1.54, 1.807) is 7.11 Å². The van der Waals surface area contributed by atoms with Crippen LogP contribution in [-0.2, 0) is 11.3 Å². The van der Waals surface area contributed by atoms with E-state index in [4.69, 9.17) is 4.74 Å². The maximum Gasteiger partial charge on any atom is 0.0537 e. The molecule has 0 radical (unpaired) electrons. The molecule has 1 heterocycles. The van der Waals surface area contributed by atoms with E-state index < -0.39 is 0 Å². The second kappa shape index (κ2) is 6.66. The van der Waals surface area contributed by atoms with Gasteiger partial charge >= 0.3 is 0 Å². The summed E-state index contributed by atoms with van der Waals surface area (Å²) in [6.07, 6.45) is 5.06. The Morgan fingerprint density at radius 3 is 2.81 bits per heavy atom. The Morgan fingerprint density at radius 1 is 1.50 bits per heavy atom. The zero-order chi connectivity index (χ0) is 12.0. The number of ether oxygens (including phenoxy) is 1. The van der Waals surface area contributed by atoms with Crippen molar-refractivity contribution in [2.75, 3.05) is 13.7 Å². The van der Waals surface area contributed by atoms with Crippen LogP contribution in [-0.4, -0.2) is 29.5 Å². The van der Waals surface area contributed by atoms with Gasteiger partial charge in [-0.25, -0.2) is 0 Å². The number of methoxy groups -OCH3 is 1.